The first-order chi connectivity index (χ1) is 19.4. The van der Waals surface area contributed by atoms with Gasteiger partial charge >= 0.3 is 12.1 Å². The number of carboxylic acid groups (broad SMARTS) is 1. The first kappa shape index (κ1) is 31.6. The summed E-state index contributed by atoms with van der Waals surface area (Å²) < 4.78 is 40.4. The number of amides is 1. The number of aliphatic carboxylic acids is 1. The van der Waals surface area contributed by atoms with Crippen LogP contribution in [0.4, 0.5) is 13.2 Å². The third-order valence-electron chi connectivity index (χ3n) is 6.55. The van der Waals surface area contributed by atoms with E-state index in [4.69, 9.17) is 14.6 Å². The molecule has 2 aromatic heterocycles. The van der Waals surface area contributed by atoms with Gasteiger partial charge in [0.05, 0.1) is 10.2 Å². The Hall–Kier alpha value is -3.90. The molecule has 0 spiro atoms. The third kappa shape index (κ3) is 7.44. The van der Waals surface area contributed by atoms with Gasteiger partial charge in [0.1, 0.15) is 16.9 Å². The van der Waals surface area contributed by atoms with E-state index < -0.39 is 12.1 Å². The maximum atomic E-state index is 13.6. The van der Waals surface area contributed by atoms with Crippen molar-refractivity contribution in [2.45, 2.75) is 26.6 Å². The molecule has 1 N–H and O–H groups in total. The van der Waals surface area contributed by atoms with E-state index in [2.05, 4.69) is 18.7 Å². The van der Waals surface area contributed by atoms with Crippen molar-refractivity contribution in [2.24, 2.45) is 7.05 Å². The Bertz CT molecular complexity index is 1560. The molecule has 0 radical (unpaired) electrons. The van der Waals surface area contributed by atoms with Gasteiger partial charge in [0.2, 0.25) is 0 Å². The van der Waals surface area contributed by atoms with Crippen molar-refractivity contribution < 1.29 is 32.6 Å². The van der Waals surface area contributed by atoms with E-state index in [1.807, 2.05) is 61.6 Å². The van der Waals surface area contributed by atoms with Gasteiger partial charge in [0.25, 0.3) is 11.5 Å². The molecule has 2 heterocycles. The van der Waals surface area contributed by atoms with Gasteiger partial charge in [0.15, 0.2) is 5.75 Å². The molecule has 12 heteroatoms. The topological polar surface area (TPSA) is 92.1 Å². The fourth-order valence-electron chi connectivity index (χ4n) is 4.15. The van der Waals surface area contributed by atoms with Crippen LogP contribution in [0.3, 0.4) is 0 Å². The van der Waals surface area contributed by atoms with E-state index in [0.717, 1.165) is 40.8 Å². The number of ether oxygens (including phenoxy) is 1. The number of pyridine rings is 1. The molecule has 0 atom stereocenters. The van der Waals surface area contributed by atoms with Crippen molar-refractivity contribution in [2.75, 3.05) is 33.2 Å². The number of rotatable bonds is 9. The van der Waals surface area contributed by atoms with Gasteiger partial charge in [-0.25, -0.2) is 4.79 Å². The number of hydrogen-bond donors (Lipinski definition) is 1. The third-order valence-corrected chi connectivity index (χ3v) is 7.74. The number of carboxylic acids is 1. The molecule has 0 unspecified atom stereocenters. The van der Waals surface area contributed by atoms with Gasteiger partial charge in [-0.05, 0) is 24.7 Å². The minimum absolute atomic E-state index is 0.123. The summed E-state index contributed by atoms with van der Waals surface area (Å²) in [5.74, 6) is -2.50. The van der Waals surface area contributed by atoms with Gasteiger partial charge in [-0.3, -0.25) is 9.59 Å². The molecule has 2 aromatic carbocycles. The largest absolute Gasteiger partial charge is 0.490 e. The molecule has 8 nitrogen and oxygen atoms in total. The number of alkyl halides is 3. The number of para-hydroxylation sites is 1. The number of carbonyl (C=O) groups excluding carboxylic acids is 1. The van der Waals surface area contributed by atoms with Gasteiger partial charge in [-0.15, -0.1) is 11.3 Å². The second kappa shape index (κ2) is 13.6. The molecule has 0 fully saturated rings. The van der Waals surface area contributed by atoms with Crippen LogP contribution in [0.5, 0.6) is 5.75 Å². The molecular formula is C29H32F3N3O5S. The average Bonchev–Trinajstić information content (AvgIpc) is 3.35. The van der Waals surface area contributed by atoms with Crippen LogP contribution in [0.15, 0.2) is 59.4 Å². The summed E-state index contributed by atoms with van der Waals surface area (Å²) in [5, 5.41) is 8.54. The molecule has 4 aromatic rings. The summed E-state index contributed by atoms with van der Waals surface area (Å²) >= 11 is 1.35. The van der Waals surface area contributed by atoms with Gasteiger partial charge in [-0.1, -0.05) is 62.4 Å². The SMILES string of the molecule is CCN(CC)CCN(C)C(=O)c1sc2c(c1OCc1ccccc1)c(=O)n(C)c1ccccc21.O=C(O)C(F)(F)F. The Labute approximate surface area is 239 Å². The molecule has 41 heavy (non-hydrogen) atoms. The Morgan fingerprint density at radius 1 is 1.00 bits per heavy atom. The van der Waals surface area contributed by atoms with Crippen molar-refractivity contribution >= 4 is 44.2 Å². The highest BCUT2D eigenvalue weighted by Gasteiger charge is 2.38. The van der Waals surface area contributed by atoms with Gasteiger partial charge < -0.3 is 24.2 Å². The van der Waals surface area contributed by atoms with Crippen LogP contribution in [0.25, 0.3) is 21.0 Å². The highest BCUT2D eigenvalue weighted by Crippen LogP contribution is 2.40. The number of benzene rings is 2. The van der Waals surface area contributed by atoms with E-state index in [1.54, 1.807) is 16.5 Å². The van der Waals surface area contributed by atoms with Crippen LogP contribution in [-0.4, -0.2) is 70.8 Å². The Morgan fingerprint density at radius 2 is 1.59 bits per heavy atom. The Balaban J connectivity index is 0.000000587. The number of nitrogens with zero attached hydrogens (tertiary/aromatic N) is 3. The van der Waals surface area contributed by atoms with Gasteiger partial charge in [0, 0.05) is 32.6 Å². The quantitative estimate of drug-likeness (QED) is 0.281. The second-order valence-corrected chi connectivity index (χ2v) is 10.2. The van der Waals surface area contributed by atoms with E-state index in [1.165, 1.54) is 11.3 Å². The number of fused-ring (bicyclic) bond motifs is 3. The maximum absolute atomic E-state index is 13.6. The maximum Gasteiger partial charge on any atom is 0.490 e. The molecule has 0 aliphatic heterocycles. The molecule has 0 saturated heterocycles. The van der Waals surface area contributed by atoms with Gasteiger partial charge in [-0.2, -0.15) is 13.2 Å². The fraction of sp³-hybridized carbons (Fsp3) is 0.345. The lowest BCUT2D eigenvalue weighted by atomic mass is 10.1. The molecular weight excluding hydrogens is 559 g/mol. The number of halogens is 3. The number of carbonyl (C=O) groups is 2. The van der Waals surface area contributed by atoms with Crippen molar-refractivity contribution in [3.63, 3.8) is 0 Å². The van der Waals surface area contributed by atoms with Crippen LogP contribution in [-0.2, 0) is 18.4 Å². The highest BCUT2D eigenvalue weighted by molar-refractivity contribution is 7.22. The number of aryl methyl sites for hydroxylation is 1. The zero-order valence-corrected chi connectivity index (χ0v) is 24.0. The summed E-state index contributed by atoms with van der Waals surface area (Å²) in [4.78, 5) is 40.4. The molecule has 0 saturated carbocycles. The molecule has 0 bridgehead atoms. The summed E-state index contributed by atoms with van der Waals surface area (Å²) in [6.07, 6.45) is -5.08. The smallest absolute Gasteiger partial charge is 0.486 e. The first-order valence-electron chi connectivity index (χ1n) is 12.9. The number of hydrogen-bond acceptors (Lipinski definition) is 6. The molecule has 0 aliphatic carbocycles. The summed E-state index contributed by atoms with van der Waals surface area (Å²) in [5.41, 5.74) is 1.66. The highest BCUT2D eigenvalue weighted by atomic mass is 32.1. The van der Waals surface area contributed by atoms with E-state index in [9.17, 15) is 22.8 Å². The minimum atomic E-state index is -5.08. The lowest BCUT2D eigenvalue weighted by molar-refractivity contribution is -0.192. The molecule has 0 aliphatic rings. The van der Waals surface area contributed by atoms with Crippen molar-refractivity contribution in [1.29, 1.82) is 0 Å². The molecule has 4 rings (SSSR count). The number of aromatic nitrogens is 1. The number of thiophene rings is 1. The molecule has 220 valence electrons. The predicted molar refractivity (Wildman–Crippen MR) is 154 cm³/mol. The fourth-order valence-corrected chi connectivity index (χ4v) is 5.42. The Kier molecular flexibility index (Phi) is 10.5. The van der Waals surface area contributed by atoms with Crippen molar-refractivity contribution in [3.8, 4) is 5.75 Å². The first-order valence-corrected chi connectivity index (χ1v) is 13.7. The second-order valence-electron chi connectivity index (χ2n) is 9.18. The van der Waals surface area contributed by atoms with E-state index in [-0.39, 0.29) is 18.1 Å². The van der Waals surface area contributed by atoms with E-state index in [0.29, 0.717) is 22.6 Å². The lowest BCUT2D eigenvalue weighted by Gasteiger charge is -2.23. The van der Waals surface area contributed by atoms with Crippen LogP contribution in [0.2, 0.25) is 0 Å². The summed E-state index contributed by atoms with van der Waals surface area (Å²) in [6.45, 7) is 7.80. The minimum Gasteiger partial charge on any atom is -0.486 e. The summed E-state index contributed by atoms with van der Waals surface area (Å²) in [7, 11) is 3.58. The summed E-state index contributed by atoms with van der Waals surface area (Å²) in [6, 6.07) is 17.6. The average molecular weight is 592 g/mol. The van der Waals surface area contributed by atoms with Crippen molar-refractivity contribution in [3.05, 3.63) is 75.4 Å². The van der Waals surface area contributed by atoms with Crippen LogP contribution < -0.4 is 10.3 Å². The zero-order chi connectivity index (χ0) is 30.3. The normalized spacial score (nSPS) is 11.4. The lowest BCUT2D eigenvalue weighted by Crippen LogP contribution is -2.36. The van der Waals surface area contributed by atoms with Crippen LogP contribution >= 0.6 is 11.3 Å². The monoisotopic (exact) mass is 591 g/mol. The standard InChI is InChI=1S/C27H31N3O3S.C2HF3O2/c1-5-30(6-2)17-16-28(3)27(32)25-23(33-18-19-12-8-7-9-13-19)22-24(34-25)20-14-10-11-15-21(20)29(4)26(22)31;3-2(4,5)1(6)7/h7-15H,5-6,16-18H2,1-4H3;(H,6,7). The zero-order valence-electron chi connectivity index (χ0n) is 23.2. The van der Waals surface area contributed by atoms with E-state index >= 15 is 0 Å². The van der Waals surface area contributed by atoms with Crippen molar-refractivity contribution in [1.82, 2.24) is 14.4 Å². The number of likely N-dealkylation sites (N-methyl/N-ethyl adjacent to an activating group) is 2. The van der Waals surface area contributed by atoms with Crippen LogP contribution in [0, 0.1) is 0 Å². The molecule has 1 amide bonds. The predicted octanol–water partition coefficient (Wildman–Crippen LogP) is 5.38. The Morgan fingerprint density at radius 3 is 2.17 bits per heavy atom. The van der Waals surface area contributed by atoms with Crippen LogP contribution in [0.1, 0.15) is 29.1 Å².